The molecule has 0 N–H and O–H groups in total. The van der Waals surface area contributed by atoms with Gasteiger partial charge in [-0.1, -0.05) is 57.2 Å². The van der Waals surface area contributed by atoms with E-state index >= 15 is 0 Å². The Hall–Kier alpha value is -1.09. The third-order valence-corrected chi connectivity index (χ3v) is 10.9. The molecule has 0 amide bonds. The van der Waals surface area contributed by atoms with Crippen molar-refractivity contribution in [3.8, 4) is 0 Å². The smallest absolute Gasteiger partial charge is 0.402 e. The third-order valence-electron chi connectivity index (χ3n) is 6.48. The van der Waals surface area contributed by atoms with Gasteiger partial charge in [0.25, 0.3) is 0 Å². The average molecular weight is 442 g/mol. The molecule has 1 aliphatic carbocycles. The minimum absolute atomic E-state index is 0.0395. The number of hydrogen-bond donors (Lipinski definition) is 0. The standard InChI is InChI=1S/C22H34BF3O3Si/c1-19(2,3)30(8,9)27-18(22(24,25)26)16-13-11-10-12-14-17(15-16)23-28-20(4,5)21(6,7)29-23/h10-15,18H,1-9H3/b11-10+,12-10?,13-11?,14-12?,16-13+,16-15?,17-14?,17-15?. The lowest BCUT2D eigenvalue weighted by Gasteiger charge is -2.40. The molecule has 168 valence electrons. The molecule has 1 fully saturated rings. The van der Waals surface area contributed by atoms with Gasteiger partial charge in [0, 0.05) is 0 Å². The van der Waals surface area contributed by atoms with Crippen molar-refractivity contribution in [1.82, 2.24) is 0 Å². The number of rotatable bonds is 4. The Labute approximate surface area is 180 Å². The van der Waals surface area contributed by atoms with Gasteiger partial charge in [0.2, 0.25) is 0 Å². The quantitative estimate of drug-likeness (QED) is 0.462. The van der Waals surface area contributed by atoms with E-state index in [4.69, 9.17) is 13.7 Å². The van der Waals surface area contributed by atoms with Crippen molar-refractivity contribution in [2.24, 2.45) is 0 Å². The third kappa shape index (κ3) is 5.39. The molecule has 0 saturated carbocycles. The highest BCUT2D eigenvalue weighted by Crippen LogP contribution is 2.43. The highest BCUT2D eigenvalue weighted by Gasteiger charge is 2.53. The molecule has 0 aromatic rings. The van der Waals surface area contributed by atoms with Crippen LogP contribution in [-0.2, 0) is 13.7 Å². The Balaban J connectivity index is 2.46. The first-order valence-electron chi connectivity index (χ1n) is 10.2. The van der Waals surface area contributed by atoms with Crippen molar-refractivity contribution in [3.05, 3.63) is 47.5 Å². The van der Waals surface area contributed by atoms with Crippen LogP contribution in [0.2, 0.25) is 18.1 Å². The van der Waals surface area contributed by atoms with Crippen LogP contribution in [-0.4, -0.2) is 38.9 Å². The SMILES string of the molecule is CC1(C)OB(C2=C/C(C(O[Si](C)(C)C(C)(C)C)C(F)(F)F)=C\C=C\C=C2)OC1(C)C. The van der Waals surface area contributed by atoms with Gasteiger partial charge in [-0.15, -0.1) is 0 Å². The maximum absolute atomic E-state index is 14.1. The van der Waals surface area contributed by atoms with Gasteiger partial charge < -0.3 is 13.7 Å². The topological polar surface area (TPSA) is 27.7 Å². The summed E-state index contributed by atoms with van der Waals surface area (Å²) in [4.78, 5) is 0. The predicted octanol–water partition coefficient (Wildman–Crippen LogP) is 6.55. The Morgan fingerprint density at radius 2 is 1.50 bits per heavy atom. The summed E-state index contributed by atoms with van der Waals surface area (Å²) in [6, 6.07) is 0. The first-order valence-corrected chi connectivity index (χ1v) is 13.1. The molecule has 2 rings (SSSR count). The molecule has 1 atom stereocenters. The first kappa shape index (κ1) is 25.2. The fraction of sp³-hybridized carbons (Fsp3) is 0.636. The van der Waals surface area contributed by atoms with Crippen LogP contribution >= 0.6 is 0 Å². The van der Waals surface area contributed by atoms with Crippen LogP contribution in [0, 0.1) is 0 Å². The summed E-state index contributed by atoms with van der Waals surface area (Å²) < 4.78 is 60.4. The van der Waals surface area contributed by atoms with Crippen LogP contribution < -0.4 is 0 Å². The molecule has 1 saturated heterocycles. The van der Waals surface area contributed by atoms with Gasteiger partial charge in [0.15, 0.2) is 14.4 Å². The lowest BCUT2D eigenvalue weighted by Crippen LogP contribution is -2.48. The van der Waals surface area contributed by atoms with E-state index in [9.17, 15) is 13.2 Å². The fourth-order valence-corrected chi connectivity index (χ4v) is 3.98. The fourth-order valence-electron chi connectivity index (χ4n) is 2.77. The highest BCUT2D eigenvalue weighted by molar-refractivity contribution is 6.74. The van der Waals surface area contributed by atoms with Crippen LogP contribution in [0.5, 0.6) is 0 Å². The van der Waals surface area contributed by atoms with Crippen molar-refractivity contribution < 1.29 is 26.9 Å². The Morgan fingerprint density at radius 3 is 1.97 bits per heavy atom. The Kier molecular flexibility index (Phi) is 6.81. The summed E-state index contributed by atoms with van der Waals surface area (Å²) in [7, 11) is -3.45. The summed E-state index contributed by atoms with van der Waals surface area (Å²) in [6.07, 6.45) is 3.16. The van der Waals surface area contributed by atoms with Crippen LogP contribution in [0.1, 0.15) is 48.5 Å². The van der Waals surface area contributed by atoms with Crippen LogP contribution in [0.3, 0.4) is 0 Å². The van der Waals surface area contributed by atoms with Crippen LogP contribution in [0.25, 0.3) is 0 Å². The summed E-state index contributed by atoms with van der Waals surface area (Å²) in [6.45, 7) is 17.1. The van der Waals surface area contributed by atoms with Gasteiger partial charge in [-0.25, -0.2) is 0 Å². The van der Waals surface area contributed by atoms with Gasteiger partial charge in [0.1, 0.15) is 0 Å². The van der Waals surface area contributed by atoms with E-state index in [0.29, 0.717) is 5.47 Å². The molecule has 2 aliphatic rings. The largest absolute Gasteiger partial charge is 0.494 e. The number of halogens is 3. The number of alkyl halides is 3. The second-order valence-electron chi connectivity index (χ2n) is 10.4. The molecule has 0 spiro atoms. The van der Waals surface area contributed by atoms with E-state index in [2.05, 4.69) is 0 Å². The van der Waals surface area contributed by atoms with Gasteiger partial charge in [0.05, 0.1) is 11.2 Å². The number of allylic oxidation sites excluding steroid dienone is 6. The van der Waals surface area contributed by atoms with E-state index in [1.54, 1.807) is 24.3 Å². The molecule has 0 radical (unpaired) electrons. The second kappa shape index (κ2) is 8.11. The van der Waals surface area contributed by atoms with Gasteiger partial charge in [-0.3, -0.25) is 0 Å². The lowest BCUT2D eigenvalue weighted by atomic mass is 9.76. The summed E-state index contributed by atoms with van der Waals surface area (Å²) >= 11 is 0. The van der Waals surface area contributed by atoms with Gasteiger partial charge in [-0.2, -0.15) is 13.2 Å². The average Bonchev–Trinajstić information content (AvgIpc) is 2.71. The van der Waals surface area contributed by atoms with Crippen molar-refractivity contribution in [1.29, 1.82) is 0 Å². The Morgan fingerprint density at radius 1 is 0.967 bits per heavy atom. The monoisotopic (exact) mass is 442 g/mol. The maximum Gasteiger partial charge on any atom is 0.494 e. The van der Waals surface area contributed by atoms with Crippen LogP contribution in [0.15, 0.2) is 47.5 Å². The van der Waals surface area contributed by atoms with E-state index in [0.717, 1.165) is 0 Å². The number of hydrogen-bond acceptors (Lipinski definition) is 3. The zero-order chi connectivity index (χ0) is 23.2. The molecule has 1 heterocycles. The van der Waals surface area contributed by atoms with Crippen molar-refractivity contribution in [2.75, 3.05) is 0 Å². The van der Waals surface area contributed by atoms with Crippen molar-refractivity contribution in [2.45, 2.75) is 90.1 Å². The Bertz CT molecular complexity index is 755. The predicted molar refractivity (Wildman–Crippen MR) is 119 cm³/mol. The molecule has 0 aromatic carbocycles. The molecule has 3 nitrogen and oxygen atoms in total. The molecule has 1 unspecified atom stereocenters. The van der Waals surface area contributed by atoms with E-state index in [1.165, 1.54) is 12.2 Å². The van der Waals surface area contributed by atoms with Gasteiger partial charge >= 0.3 is 13.3 Å². The first-order chi connectivity index (χ1) is 13.4. The lowest BCUT2D eigenvalue weighted by molar-refractivity contribution is -0.185. The minimum atomic E-state index is -4.55. The van der Waals surface area contributed by atoms with E-state index in [1.807, 2.05) is 61.6 Å². The van der Waals surface area contributed by atoms with E-state index < -0.39 is 38.9 Å². The van der Waals surface area contributed by atoms with Crippen LogP contribution in [0.4, 0.5) is 13.2 Å². The summed E-state index contributed by atoms with van der Waals surface area (Å²) in [5.74, 6) is 0. The summed E-state index contributed by atoms with van der Waals surface area (Å²) in [5, 5.41) is -0.354. The maximum atomic E-state index is 14.1. The zero-order valence-corrected chi connectivity index (χ0v) is 20.5. The minimum Gasteiger partial charge on any atom is -0.402 e. The van der Waals surface area contributed by atoms with E-state index in [-0.39, 0.29) is 10.6 Å². The van der Waals surface area contributed by atoms with Crippen molar-refractivity contribution >= 4 is 15.4 Å². The molecule has 0 bridgehead atoms. The molecule has 30 heavy (non-hydrogen) atoms. The molecule has 0 aromatic heterocycles. The second-order valence-corrected chi connectivity index (χ2v) is 15.2. The molecule has 1 aliphatic heterocycles. The zero-order valence-electron chi connectivity index (χ0n) is 19.5. The van der Waals surface area contributed by atoms with Gasteiger partial charge in [-0.05, 0) is 56.9 Å². The normalized spacial score (nSPS) is 25.8. The molecule has 8 heteroatoms. The molecular formula is C22H34BF3O3Si. The van der Waals surface area contributed by atoms with Crippen molar-refractivity contribution in [3.63, 3.8) is 0 Å². The highest BCUT2D eigenvalue weighted by atomic mass is 28.4. The molecular weight excluding hydrogens is 408 g/mol. The summed E-state index contributed by atoms with van der Waals surface area (Å²) in [5.41, 5.74) is -0.611.